The van der Waals surface area contributed by atoms with Crippen molar-refractivity contribution in [1.82, 2.24) is 20.1 Å². The minimum atomic E-state index is 0.400. The van der Waals surface area contributed by atoms with Gasteiger partial charge in [0.2, 0.25) is 5.82 Å². The molecule has 0 saturated carbocycles. The molecule has 6 nitrogen and oxygen atoms in total. The van der Waals surface area contributed by atoms with Crippen LogP contribution in [0.1, 0.15) is 5.56 Å². The van der Waals surface area contributed by atoms with Crippen molar-refractivity contribution >= 4 is 5.69 Å². The van der Waals surface area contributed by atoms with Crippen LogP contribution in [0, 0.1) is 6.92 Å². The summed E-state index contributed by atoms with van der Waals surface area (Å²) in [6.45, 7) is 1.95. The van der Waals surface area contributed by atoms with Crippen LogP contribution in [0.3, 0.4) is 0 Å². The molecule has 0 unspecified atom stereocenters. The van der Waals surface area contributed by atoms with Crippen LogP contribution in [0.4, 0.5) is 5.69 Å². The maximum Gasteiger partial charge on any atom is 0.260 e. The van der Waals surface area contributed by atoms with E-state index in [1.165, 1.54) is 0 Å². The molecule has 6 heteroatoms. The molecular formula is C12H11N5O. The lowest BCUT2D eigenvalue weighted by Crippen LogP contribution is -1.93. The molecule has 90 valence electrons. The number of imidazole rings is 1. The first-order chi connectivity index (χ1) is 8.75. The number of hydrogen-bond donors (Lipinski definition) is 2. The molecule has 0 atom stereocenters. The van der Waals surface area contributed by atoms with Gasteiger partial charge in [0.25, 0.3) is 5.89 Å². The maximum absolute atomic E-state index is 5.93. The Labute approximate surface area is 103 Å². The average molecular weight is 241 g/mol. The highest BCUT2D eigenvalue weighted by molar-refractivity contribution is 5.74. The quantitative estimate of drug-likeness (QED) is 0.669. The summed E-state index contributed by atoms with van der Waals surface area (Å²) in [4.78, 5) is 11.3. The van der Waals surface area contributed by atoms with Gasteiger partial charge in [0.05, 0.1) is 5.56 Å². The second kappa shape index (κ2) is 3.99. The number of nitrogens with one attached hydrogen (secondary N) is 1. The molecule has 0 bridgehead atoms. The second-order valence-corrected chi connectivity index (χ2v) is 3.90. The third-order valence-electron chi connectivity index (χ3n) is 2.65. The number of rotatable bonds is 2. The Bertz CT molecular complexity index is 651. The first-order valence-corrected chi connectivity index (χ1v) is 5.44. The van der Waals surface area contributed by atoms with Crippen molar-refractivity contribution in [3.63, 3.8) is 0 Å². The number of nitrogen functional groups attached to an aromatic ring is 1. The lowest BCUT2D eigenvalue weighted by Gasteiger charge is -2.03. The Morgan fingerprint density at radius 1 is 1.33 bits per heavy atom. The molecule has 0 spiro atoms. The van der Waals surface area contributed by atoms with Gasteiger partial charge in [-0.2, -0.15) is 4.98 Å². The molecule has 0 aliphatic carbocycles. The first-order valence-electron chi connectivity index (χ1n) is 5.44. The summed E-state index contributed by atoms with van der Waals surface area (Å²) in [5.41, 5.74) is 8.30. The van der Waals surface area contributed by atoms with Crippen molar-refractivity contribution in [2.45, 2.75) is 6.92 Å². The highest BCUT2D eigenvalue weighted by Gasteiger charge is 2.15. The molecule has 0 aliphatic rings. The third kappa shape index (κ3) is 1.64. The Morgan fingerprint density at radius 3 is 2.94 bits per heavy atom. The highest BCUT2D eigenvalue weighted by atomic mass is 16.5. The van der Waals surface area contributed by atoms with Crippen LogP contribution in [0.2, 0.25) is 0 Å². The minimum absolute atomic E-state index is 0.400. The van der Waals surface area contributed by atoms with Gasteiger partial charge in [-0.1, -0.05) is 17.3 Å². The van der Waals surface area contributed by atoms with Crippen molar-refractivity contribution in [2.75, 3.05) is 5.73 Å². The Morgan fingerprint density at radius 2 is 2.22 bits per heavy atom. The zero-order valence-electron chi connectivity index (χ0n) is 9.71. The summed E-state index contributed by atoms with van der Waals surface area (Å²) in [5, 5.41) is 3.88. The molecule has 2 heterocycles. The van der Waals surface area contributed by atoms with E-state index in [0.29, 0.717) is 23.2 Å². The summed E-state index contributed by atoms with van der Waals surface area (Å²) < 4.78 is 5.24. The van der Waals surface area contributed by atoms with Gasteiger partial charge in [-0.3, -0.25) is 0 Å². The van der Waals surface area contributed by atoms with Gasteiger partial charge < -0.3 is 15.2 Å². The van der Waals surface area contributed by atoms with Gasteiger partial charge in [0.15, 0.2) is 5.82 Å². The standard InChI is InChI=1S/C12H11N5O/c1-7-3-2-4-8(13)9(7)12-16-11(17-18-12)10-14-5-6-15-10/h2-6H,13H2,1H3,(H,14,15). The summed E-state index contributed by atoms with van der Waals surface area (Å²) in [7, 11) is 0. The fraction of sp³-hybridized carbons (Fsp3) is 0.0833. The zero-order chi connectivity index (χ0) is 12.5. The summed E-state index contributed by atoms with van der Waals surface area (Å²) in [6, 6.07) is 5.64. The number of aromatic nitrogens is 4. The molecule has 3 N–H and O–H groups in total. The summed E-state index contributed by atoms with van der Waals surface area (Å²) >= 11 is 0. The van der Waals surface area contributed by atoms with E-state index in [1.807, 2.05) is 19.1 Å². The van der Waals surface area contributed by atoms with Gasteiger partial charge in [-0.05, 0) is 18.6 Å². The van der Waals surface area contributed by atoms with Crippen molar-refractivity contribution in [3.05, 3.63) is 36.2 Å². The van der Waals surface area contributed by atoms with E-state index < -0.39 is 0 Å². The van der Waals surface area contributed by atoms with E-state index in [-0.39, 0.29) is 0 Å². The normalized spacial score (nSPS) is 10.7. The Kier molecular flexibility index (Phi) is 2.33. The first kappa shape index (κ1) is 10.5. The lowest BCUT2D eigenvalue weighted by molar-refractivity contribution is 0.432. The molecule has 0 saturated heterocycles. The molecule has 2 aromatic heterocycles. The smallest absolute Gasteiger partial charge is 0.260 e. The topological polar surface area (TPSA) is 93.6 Å². The van der Waals surface area contributed by atoms with Crippen LogP contribution in [0.5, 0.6) is 0 Å². The van der Waals surface area contributed by atoms with Crippen LogP contribution in [0.25, 0.3) is 23.1 Å². The monoisotopic (exact) mass is 241 g/mol. The van der Waals surface area contributed by atoms with Gasteiger partial charge in [-0.15, -0.1) is 0 Å². The van der Waals surface area contributed by atoms with E-state index in [4.69, 9.17) is 10.3 Å². The van der Waals surface area contributed by atoms with Gasteiger partial charge in [0, 0.05) is 18.1 Å². The van der Waals surface area contributed by atoms with Crippen molar-refractivity contribution in [1.29, 1.82) is 0 Å². The fourth-order valence-electron chi connectivity index (χ4n) is 1.79. The van der Waals surface area contributed by atoms with Crippen LogP contribution < -0.4 is 5.73 Å². The molecular weight excluding hydrogens is 230 g/mol. The largest absolute Gasteiger partial charge is 0.398 e. The van der Waals surface area contributed by atoms with Gasteiger partial charge >= 0.3 is 0 Å². The number of H-pyrrole nitrogens is 1. The molecule has 1 aromatic carbocycles. The SMILES string of the molecule is Cc1cccc(N)c1-c1nc(-c2ncc[nH]2)no1. The Hall–Kier alpha value is -2.63. The van der Waals surface area contributed by atoms with E-state index in [0.717, 1.165) is 11.1 Å². The third-order valence-corrected chi connectivity index (χ3v) is 2.65. The lowest BCUT2D eigenvalue weighted by atomic mass is 10.1. The summed E-state index contributed by atoms with van der Waals surface area (Å²) in [5.74, 6) is 1.38. The zero-order valence-corrected chi connectivity index (χ0v) is 9.71. The number of hydrogen-bond acceptors (Lipinski definition) is 5. The number of nitrogens with two attached hydrogens (primary N) is 1. The number of nitrogens with zero attached hydrogens (tertiary/aromatic N) is 3. The highest BCUT2D eigenvalue weighted by Crippen LogP contribution is 2.28. The van der Waals surface area contributed by atoms with E-state index in [2.05, 4.69) is 20.1 Å². The predicted molar refractivity (Wildman–Crippen MR) is 66.5 cm³/mol. The molecule has 0 radical (unpaired) electrons. The van der Waals surface area contributed by atoms with Crippen molar-refractivity contribution in [2.24, 2.45) is 0 Å². The van der Waals surface area contributed by atoms with Crippen LogP contribution >= 0.6 is 0 Å². The molecule has 0 amide bonds. The Balaban J connectivity index is 2.09. The second-order valence-electron chi connectivity index (χ2n) is 3.90. The molecule has 0 aliphatic heterocycles. The molecule has 0 fully saturated rings. The number of anilines is 1. The van der Waals surface area contributed by atoms with Crippen LogP contribution in [0.15, 0.2) is 35.1 Å². The molecule has 18 heavy (non-hydrogen) atoms. The van der Waals surface area contributed by atoms with Crippen LogP contribution in [-0.2, 0) is 0 Å². The summed E-state index contributed by atoms with van der Waals surface area (Å²) in [6.07, 6.45) is 3.33. The predicted octanol–water partition coefficient (Wildman–Crippen LogP) is 2.02. The van der Waals surface area contributed by atoms with Gasteiger partial charge in [-0.25, -0.2) is 4.98 Å². The number of aromatic amines is 1. The average Bonchev–Trinajstić information content (AvgIpc) is 2.99. The number of aryl methyl sites for hydroxylation is 1. The fourth-order valence-corrected chi connectivity index (χ4v) is 1.79. The van der Waals surface area contributed by atoms with Crippen LogP contribution in [-0.4, -0.2) is 20.1 Å². The van der Waals surface area contributed by atoms with E-state index >= 15 is 0 Å². The maximum atomic E-state index is 5.93. The number of benzene rings is 1. The molecule has 3 rings (SSSR count). The van der Waals surface area contributed by atoms with Crippen molar-refractivity contribution in [3.8, 4) is 23.1 Å². The van der Waals surface area contributed by atoms with Gasteiger partial charge in [0.1, 0.15) is 0 Å². The molecule has 3 aromatic rings. The van der Waals surface area contributed by atoms with Crippen molar-refractivity contribution < 1.29 is 4.52 Å². The minimum Gasteiger partial charge on any atom is -0.398 e. The van der Waals surface area contributed by atoms with E-state index in [9.17, 15) is 0 Å². The van der Waals surface area contributed by atoms with E-state index in [1.54, 1.807) is 18.5 Å².